The molecule has 0 spiro atoms. The van der Waals surface area contributed by atoms with Gasteiger partial charge in [-0.05, 0) is 58.6 Å². The normalized spacial score (nSPS) is 17.5. The summed E-state index contributed by atoms with van der Waals surface area (Å²) in [5, 5.41) is 9.20. The molecule has 4 rings (SSSR count). The highest BCUT2D eigenvalue weighted by molar-refractivity contribution is 5.66. The van der Waals surface area contributed by atoms with Crippen LogP contribution < -0.4 is 0 Å². The Morgan fingerprint density at radius 1 is 0.741 bits per heavy atom. The van der Waals surface area contributed by atoms with Crippen LogP contribution in [0.4, 0.5) is 0 Å². The number of aliphatic hydroxyl groups excluding tert-OH is 1. The van der Waals surface area contributed by atoms with Crippen molar-refractivity contribution in [3.05, 3.63) is 71.3 Å². The fraction of sp³-hybridized carbons (Fsp3) is 0.360. The molecule has 0 fully saturated rings. The number of furan rings is 1. The third-order valence-electron chi connectivity index (χ3n) is 6.16. The zero-order valence-corrected chi connectivity index (χ0v) is 16.7. The first-order valence-electron chi connectivity index (χ1n) is 9.76. The van der Waals surface area contributed by atoms with Crippen LogP contribution in [0.2, 0.25) is 0 Å². The Morgan fingerprint density at radius 2 is 1.30 bits per heavy atom. The highest BCUT2D eigenvalue weighted by atomic mass is 16.3. The van der Waals surface area contributed by atoms with Crippen LogP contribution in [0.1, 0.15) is 57.2 Å². The van der Waals surface area contributed by atoms with Crippen LogP contribution in [0.15, 0.2) is 59.0 Å². The highest BCUT2D eigenvalue weighted by Gasteiger charge is 2.37. The number of benzene rings is 2. The van der Waals surface area contributed by atoms with E-state index in [4.69, 9.17) is 4.42 Å². The van der Waals surface area contributed by atoms with Gasteiger partial charge in [-0.15, -0.1) is 0 Å². The molecule has 1 aromatic heterocycles. The van der Waals surface area contributed by atoms with Crippen molar-refractivity contribution in [3.63, 3.8) is 0 Å². The summed E-state index contributed by atoms with van der Waals surface area (Å²) in [7, 11) is 0. The maximum Gasteiger partial charge on any atom is 0.134 e. The Kier molecular flexibility index (Phi) is 4.27. The van der Waals surface area contributed by atoms with E-state index in [1.165, 1.54) is 24.0 Å². The van der Waals surface area contributed by atoms with Crippen molar-refractivity contribution in [2.24, 2.45) is 0 Å². The van der Waals surface area contributed by atoms with Crippen LogP contribution in [0.5, 0.6) is 0 Å². The molecule has 1 aliphatic rings. The lowest BCUT2D eigenvalue weighted by Crippen LogP contribution is -2.33. The number of hydrogen-bond donors (Lipinski definition) is 1. The molecule has 2 nitrogen and oxygen atoms in total. The van der Waals surface area contributed by atoms with Crippen molar-refractivity contribution in [1.82, 2.24) is 0 Å². The molecule has 0 atom stereocenters. The van der Waals surface area contributed by atoms with E-state index in [1.807, 2.05) is 30.3 Å². The minimum atomic E-state index is 0.0605. The van der Waals surface area contributed by atoms with Crippen LogP contribution in [-0.2, 0) is 17.4 Å². The second-order valence-corrected chi connectivity index (χ2v) is 9.05. The summed E-state index contributed by atoms with van der Waals surface area (Å²) in [6, 6.07) is 18.7. The maximum absolute atomic E-state index is 9.20. The predicted octanol–water partition coefficient (Wildman–Crippen LogP) is 6.45. The van der Waals surface area contributed by atoms with Crippen molar-refractivity contribution in [1.29, 1.82) is 0 Å². The molecule has 1 aliphatic carbocycles. The van der Waals surface area contributed by atoms with Crippen molar-refractivity contribution in [2.45, 2.75) is 58.0 Å². The number of fused-ring (bicyclic) bond motifs is 1. The Balaban J connectivity index is 1.72. The van der Waals surface area contributed by atoms with Crippen molar-refractivity contribution in [3.8, 4) is 22.6 Å². The summed E-state index contributed by atoms with van der Waals surface area (Å²) in [6.07, 6.45) is 2.43. The van der Waals surface area contributed by atoms with E-state index in [2.05, 4.69) is 52.0 Å². The Hall–Kier alpha value is -2.32. The van der Waals surface area contributed by atoms with Gasteiger partial charge in [0.2, 0.25) is 0 Å². The quantitative estimate of drug-likeness (QED) is 0.582. The number of rotatable bonds is 3. The summed E-state index contributed by atoms with van der Waals surface area (Å²) >= 11 is 0. The van der Waals surface area contributed by atoms with Gasteiger partial charge in [0.15, 0.2) is 0 Å². The van der Waals surface area contributed by atoms with Gasteiger partial charge in [0, 0.05) is 11.1 Å². The van der Waals surface area contributed by atoms with Crippen molar-refractivity contribution < 1.29 is 9.52 Å². The molecule has 0 saturated carbocycles. The largest absolute Gasteiger partial charge is 0.456 e. The first kappa shape index (κ1) is 18.1. The molecule has 27 heavy (non-hydrogen) atoms. The molecule has 1 heterocycles. The molecule has 140 valence electrons. The predicted molar refractivity (Wildman–Crippen MR) is 111 cm³/mol. The van der Waals surface area contributed by atoms with Crippen LogP contribution >= 0.6 is 0 Å². The first-order chi connectivity index (χ1) is 12.8. The van der Waals surface area contributed by atoms with E-state index in [1.54, 1.807) is 0 Å². The van der Waals surface area contributed by atoms with Gasteiger partial charge in [-0.3, -0.25) is 0 Å². The average molecular weight is 360 g/mol. The smallest absolute Gasteiger partial charge is 0.134 e. The van der Waals surface area contributed by atoms with Gasteiger partial charge in [0.25, 0.3) is 0 Å². The fourth-order valence-electron chi connectivity index (χ4n) is 4.16. The van der Waals surface area contributed by atoms with E-state index < -0.39 is 0 Å². The fourth-order valence-corrected chi connectivity index (χ4v) is 4.16. The van der Waals surface area contributed by atoms with Gasteiger partial charge >= 0.3 is 0 Å². The third-order valence-corrected chi connectivity index (χ3v) is 6.16. The molecule has 0 saturated heterocycles. The Bertz CT molecular complexity index is 958. The van der Waals surface area contributed by atoms with Gasteiger partial charge in [-0.2, -0.15) is 0 Å². The van der Waals surface area contributed by atoms with Gasteiger partial charge in [0.05, 0.1) is 6.61 Å². The molecule has 3 aromatic rings. The number of aliphatic hydroxyl groups is 1. The lowest BCUT2D eigenvalue weighted by atomic mass is 9.63. The summed E-state index contributed by atoms with van der Waals surface area (Å²) in [5.41, 5.74) is 6.40. The lowest BCUT2D eigenvalue weighted by Gasteiger charge is -2.42. The molecule has 0 radical (unpaired) electrons. The molecule has 0 bridgehead atoms. The van der Waals surface area contributed by atoms with E-state index in [0.29, 0.717) is 0 Å². The summed E-state index contributed by atoms with van der Waals surface area (Å²) in [5.74, 6) is 1.75. The van der Waals surface area contributed by atoms with Crippen molar-refractivity contribution >= 4 is 0 Å². The zero-order chi connectivity index (χ0) is 19.2. The monoisotopic (exact) mass is 360 g/mol. The summed E-state index contributed by atoms with van der Waals surface area (Å²) < 4.78 is 6.18. The molecule has 0 unspecified atom stereocenters. The highest BCUT2D eigenvalue weighted by Crippen LogP contribution is 2.47. The maximum atomic E-state index is 9.20. The molecule has 0 aliphatic heterocycles. The standard InChI is InChI=1S/C25H28O2/c1-24(2)13-14-25(3,4)21-15-19(9-10-20(21)24)23-12-11-22(27-23)18-7-5-17(16-26)6-8-18/h5-12,15,26H,13-14,16H2,1-4H3. The van der Waals surface area contributed by atoms with Gasteiger partial charge in [-0.25, -0.2) is 0 Å². The van der Waals surface area contributed by atoms with Gasteiger partial charge < -0.3 is 9.52 Å². The van der Waals surface area contributed by atoms with Crippen LogP contribution in [0, 0.1) is 0 Å². The minimum absolute atomic E-state index is 0.0605. The van der Waals surface area contributed by atoms with Crippen LogP contribution in [0.3, 0.4) is 0 Å². The molecule has 0 amide bonds. The first-order valence-corrected chi connectivity index (χ1v) is 9.76. The van der Waals surface area contributed by atoms with E-state index in [9.17, 15) is 5.11 Å². The van der Waals surface area contributed by atoms with Crippen LogP contribution in [-0.4, -0.2) is 5.11 Å². The SMILES string of the molecule is CC1(C)CCC(C)(C)c2cc(-c3ccc(-c4ccc(CO)cc4)o3)ccc21. The van der Waals surface area contributed by atoms with Gasteiger partial charge in [0.1, 0.15) is 11.5 Å². The Labute approximate surface area is 161 Å². The topological polar surface area (TPSA) is 33.4 Å². The summed E-state index contributed by atoms with van der Waals surface area (Å²) in [4.78, 5) is 0. The van der Waals surface area contributed by atoms with E-state index in [-0.39, 0.29) is 17.4 Å². The van der Waals surface area contributed by atoms with E-state index in [0.717, 1.165) is 28.2 Å². The average Bonchev–Trinajstić information content (AvgIpc) is 3.15. The molecular weight excluding hydrogens is 332 g/mol. The lowest BCUT2D eigenvalue weighted by molar-refractivity contribution is 0.282. The van der Waals surface area contributed by atoms with Crippen molar-refractivity contribution in [2.75, 3.05) is 0 Å². The second-order valence-electron chi connectivity index (χ2n) is 9.05. The minimum Gasteiger partial charge on any atom is -0.456 e. The number of hydrogen-bond acceptors (Lipinski definition) is 2. The molecule has 1 N–H and O–H groups in total. The van der Waals surface area contributed by atoms with Gasteiger partial charge in [-0.1, -0.05) is 64.1 Å². The third kappa shape index (κ3) is 3.23. The second kappa shape index (κ2) is 6.38. The van der Waals surface area contributed by atoms with E-state index >= 15 is 0 Å². The zero-order valence-electron chi connectivity index (χ0n) is 16.7. The molecule has 2 aromatic carbocycles. The molecular formula is C25H28O2. The Morgan fingerprint density at radius 3 is 1.93 bits per heavy atom. The molecule has 2 heteroatoms. The summed E-state index contributed by atoms with van der Waals surface area (Å²) in [6.45, 7) is 9.46. The van der Waals surface area contributed by atoms with Crippen LogP contribution in [0.25, 0.3) is 22.6 Å².